The lowest BCUT2D eigenvalue weighted by Gasteiger charge is -2.06. The molecule has 0 radical (unpaired) electrons. The third-order valence-electron chi connectivity index (χ3n) is 2.84. The molecule has 0 bridgehead atoms. The molecule has 98 valence electrons. The van der Waals surface area contributed by atoms with Crippen LogP contribution < -0.4 is 10.1 Å². The Morgan fingerprint density at radius 2 is 2.37 bits per heavy atom. The van der Waals surface area contributed by atoms with Crippen molar-refractivity contribution in [3.05, 3.63) is 36.2 Å². The van der Waals surface area contributed by atoms with E-state index >= 15 is 0 Å². The van der Waals surface area contributed by atoms with E-state index in [9.17, 15) is 4.79 Å². The quantitative estimate of drug-likeness (QED) is 0.889. The summed E-state index contributed by atoms with van der Waals surface area (Å²) in [6, 6.07) is 4.82. The Morgan fingerprint density at radius 3 is 3.11 bits per heavy atom. The maximum atomic E-state index is 11.9. The fraction of sp³-hybridized carbons (Fsp3) is 0.308. The average molecular weight is 259 g/mol. The maximum Gasteiger partial charge on any atom is 0.257 e. The highest BCUT2D eigenvalue weighted by Gasteiger charge is 2.22. The lowest BCUT2D eigenvalue weighted by molar-refractivity contribution is 0.102. The number of amides is 1. The molecular formula is C13H13N3O3. The second-order valence-electron chi connectivity index (χ2n) is 4.48. The molecule has 1 aliphatic rings. The minimum atomic E-state index is -0.271. The van der Waals surface area contributed by atoms with Gasteiger partial charge in [-0.1, -0.05) is 5.16 Å². The van der Waals surface area contributed by atoms with Crippen molar-refractivity contribution in [1.82, 2.24) is 10.1 Å². The zero-order chi connectivity index (χ0) is 13.1. The number of aromatic nitrogens is 2. The number of nitrogens with one attached hydrogen (secondary N) is 1. The normalized spacial score (nSPS) is 14.1. The second-order valence-corrected chi connectivity index (χ2v) is 4.48. The molecule has 0 spiro atoms. The standard InChI is InChI=1S/C13H13N3O3/c17-13(15-11-4-6-19-16-11)10-3-5-14-12(7-10)18-8-9-1-2-9/h3-7,9H,1-2,8H2,(H,15,16,17). The Bertz CT molecular complexity index is 564. The molecular weight excluding hydrogens is 246 g/mol. The largest absolute Gasteiger partial charge is 0.477 e. The van der Waals surface area contributed by atoms with Crippen molar-refractivity contribution in [2.75, 3.05) is 11.9 Å². The van der Waals surface area contributed by atoms with E-state index in [2.05, 4.69) is 20.0 Å². The van der Waals surface area contributed by atoms with Gasteiger partial charge in [-0.15, -0.1) is 0 Å². The van der Waals surface area contributed by atoms with Gasteiger partial charge in [0.2, 0.25) is 5.88 Å². The van der Waals surface area contributed by atoms with Crippen molar-refractivity contribution < 1.29 is 14.1 Å². The van der Waals surface area contributed by atoms with Crippen LogP contribution >= 0.6 is 0 Å². The number of ether oxygens (including phenoxy) is 1. The van der Waals surface area contributed by atoms with Gasteiger partial charge in [0, 0.05) is 23.9 Å². The molecule has 2 aromatic heterocycles. The Kier molecular flexibility index (Phi) is 3.14. The van der Waals surface area contributed by atoms with E-state index < -0.39 is 0 Å². The number of anilines is 1. The van der Waals surface area contributed by atoms with E-state index in [1.165, 1.54) is 19.1 Å². The van der Waals surface area contributed by atoms with Crippen LogP contribution in [0.3, 0.4) is 0 Å². The Hall–Kier alpha value is -2.37. The summed E-state index contributed by atoms with van der Waals surface area (Å²) < 4.78 is 10.2. The number of hydrogen-bond donors (Lipinski definition) is 1. The Labute approximate surface area is 109 Å². The van der Waals surface area contributed by atoms with Crippen molar-refractivity contribution in [2.24, 2.45) is 5.92 Å². The molecule has 6 nitrogen and oxygen atoms in total. The third-order valence-corrected chi connectivity index (χ3v) is 2.84. The molecule has 0 aromatic carbocycles. The van der Waals surface area contributed by atoms with Crippen LogP contribution in [-0.4, -0.2) is 22.7 Å². The van der Waals surface area contributed by atoms with Crippen molar-refractivity contribution in [3.8, 4) is 5.88 Å². The van der Waals surface area contributed by atoms with Gasteiger partial charge in [-0.05, 0) is 24.8 Å². The predicted octanol–water partition coefficient (Wildman–Crippen LogP) is 2.11. The molecule has 0 atom stereocenters. The van der Waals surface area contributed by atoms with E-state index in [1.807, 2.05) is 0 Å². The summed E-state index contributed by atoms with van der Waals surface area (Å²) in [5.41, 5.74) is 0.476. The smallest absolute Gasteiger partial charge is 0.257 e. The predicted molar refractivity (Wildman–Crippen MR) is 66.9 cm³/mol. The topological polar surface area (TPSA) is 77.3 Å². The van der Waals surface area contributed by atoms with Gasteiger partial charge in [-0.25, -0.2) is 4.98 Å². The molecule has 1 N–H and O–H groups in total. The number of carbonyl (C=O) groups excluding carboxylic acids is 1. The van der Waals surface area contributed by atoms with E-state index in [4.69, 9.17) is 4.74 Å². The number of hydrogen-bond acceptors (Lipinski definition) is 5. The first-order valence-electron chi connectivity index (χ1n) is 6.12. The molecule has 19 heavy (non-hydrogen) atoms. The first-order valence-corrected chi connectivity index (χ1v) is 6.12. The molecule has 1 saturated carbocycles. The van der Waals surface area contributed by atoms with E-state index in [-0.39, 0.29) is 5.91 Å². The lowest BCUT2D eigenvalue weighted by Crippen LogP contribution is -2.12. The first-order chi connectivity index (χ1) is 9.31. The van der Waals surface area contributed by atoms with Gasteiger partial charge in [-0.2, -0.15) is 0 Å². The van der Waals surface area contributed by atoms with Crippen LogP contribution in [0.15, 0.2) is 35.2 Å². The average Bonchev–Trinajstić information content (AvgIpc) is 3.13. The minimum absolute atomic E-state index is 0.271. The van der Waals surface area contributed by atoms with Gasteiger partial charge >= 0.3 is 0 Å². The molecule has 2 aromatic rings. The van der Waals surface area contributed by atoms with Crippen LogP contribution in [0.25, 0.3) is 0 Å². The summed E-state index contributed by atoms with van der Waals surface area (Å²) in [6.07, 6.45) is 5.38. The SMILES string of the molecule is O=C(Nc1ccon1)c1ccnc(OCC2CC2)c1. The summed E-state index contributed by atoms with van der Waals surface area (Å²) in [7, 11) is 0. The molecule has 1 amide bonds. The fourth-order valence-corrected chi connectivity index (χ4v) is 1.58. The zero-order valence-corrected chi connectivity index (χ0v) is 10.2. The van der Waals surface area contributed by atoms with Crippen LogP contribution in [0.5, 0.6) is 5.88 Å². The monoisotopic (exact) mass is 259 g/mol. The van der Waals surface area contributed by atoms with E-state index in [0.29, 0.717) is 29.8 Å². The van der Waals surface area contributed by atoms with Crippen molar-refractivity contribution in [2.45, 2.75) is 12.8 Å². The van der Waals surface area contributed by atoms with Gasteiger partial charge in [0.15, 0.2) is 5.82 Å². The molecule has 1 fully saturated rings. The molecule has 3 rings (SSSR count). The Morgan fingerprint density at radius 1 is 1.47 bits per heavy atom. The molecule has 1 aliphatic carbocycles. The molecule has 0 aliphatic heterocycles. The van der Waals surface area contributed by atoms with E-state index in [0.717, 1.165) is 0 Å². The summed E-state index contributed by atoms with van der Waals surface area (Å²) in [5.74, 6) is 1.23. The van der Waals surface area contributed by atoms with Gasteiger partial charge in [0.1, 0.15) is 6.26 Å². The van der Waals surface area contributed by atoms with Crippen molar-refractivity contribution in [1.29, 1.82) is 0 Å². The van der Waals surface area contributed by atoms with Gasteiger partial charge < -0.3 is 14.6 Å². The molecule has 0 unspecified atom stereocenters. The number of nitrogens with zero attached hydrogens (tertiary/aromatic N) is 2. The van der Waals surface area contributed by atoms with Crippen LogP contribution in [0.1, 0.15) is 23.2 Å². The van der Waals surface area contributed by atoms with E-state index in [1.54, 1.807) is 24.4 Å². The van der Waals surface area contributed by atoms with Crippen LogP contribution in [0, 0.1) is 5.92 Å². The number of pyridine rings is 1. The molecule has 0 saturated heterocycles. The molecule has 2 heterocycles. The zero-order valence-electron chi connectivity index (χ0n) is 10.2. The Balaban J connectivity index is 1.65. The fourth-order valence-electron chi connectivity index (χ4n) is 1.58. The highest BCUT2D eigenvalue weighted by Crippen LogP contribution is 2.29. The van der Waals surface area contributed by atoms with Gasteiger partial charge in [-0.3, -0.25) is 4.79 Å². The van der Waals surface area contributed by atoms with Gasteiger partial charge in [0.25, 0.3) is 5.91 Å². The second kappa shape index (κ2) is 5.09. The van der Waals surface area contributed by atoms with Gasteiger partial charge in [0.05, 0.1) is 6.61 Å². The summed E-state index contributed by atoms with van der Waals surface area (Å²) in [4.78, 5) is 16.0. The summed E-state index contributed by atoms with van der Waals surface area (Å²) >= 11 is 0. The van der Waals surface area contributed by atoms with Crippen molar-refractivity contribution >= 4 is 11.7 Å². The highest BCUT2D eigenvalue weighted by atomic mass is 16.5. The van der Waals surface area contributed by atoms with Crippen molar-refractivity contribution in [3.63, 3.8) is 0 Å². The lowest BCUT2D eigenvalue weighted by atomic mass is 10.2. The first kappa shape index (κ1) is 11.7. The molecule has 6 heteroatoms. The highest BCUT2D eigenvalue weighted by molar-refractivity contribution is 6.03. The third kappa shape index (κ3) is 3.09. The minimum Gasteiger partial charge on any atom is -0.477 e. The van der Waals surface area contributed by atoms with Crippen LogP contribution in [0.4, 0.5) is 5.82 Å². The maximum absolute atomic E-state index is 11.9. The number of rotatable bonds is 5. The summed E-state index contributed by atoms with van der Waals surface area (Å²) in [5, 5.41) is 6.23. The van der Waals surface area contributed by atoms with Crippen LogP contribution in [0.2, 0.25) is 0 Å². The van der Waals surface area contributed by atoms with Crippen LogP contribution in [-0.2, 0) is 0 Å². The summed E-state index contributed by atoms with van der Waals surface area (Å²) in [6.45, 7) is 0.668. The number of carbonyl (C=O) groups is 1.